The van der Waals surface area contributed by atoms with Crippen molar-refractivity contribution in [2.24, 2.45) is 0 Å². The van der Waals surface area contributed by atoms with Gasteiger partial charge in [-0.05, 0) is 55.6 Å². The van der Waals surface area contributed by atoms with Crippen LogP contribution in [0.4, 0.5) is 4.39 Å². The van der Waals surface area contributed by atoms with E-state index in [0.29, 0.717) is 55.7 Å². The molecule has 3 atom stereocenters. The molecule has 1 saturated heterocycles. The Morgan fingerprint density at radius 1 is 1.13 bits per heavy atom. The number of carbonyl (C=O) groups is 3. The molecule has 2 aliphatic rings. The molecule has 1 aliphatic carbocycles. The van der Waals surface area contributed by atoms with E-state index < -0.39 is 6.04 Å². The van der Waals surface area contributed by atoms with Crippen molar-refractivity contribution in [1.82, 2.24) is 35.8 Å². The van der Waals surface area contributed by atoms with Gasteiger partial charge in [-0.25, -0.2) is 4.39 Å². The molecule has 3 amide bonds. The number of nitrogens with one attached hydrogen (secondary N) is 3. The molecule has 0 bridgehead atoms. The lowest BCUT2D eigenvalue weighted by molar-refractivity contribution is -0.145. The van der Waals surface area contributed by atoms with Crippen LogP contribution >= 0.6 is 0 Å². The van der Waals surface area contributed by atoms with Gasteiger partial charge in [0.2, 0.25) is 11.8 Å². The summed E-state index contributed by atoms with van der Waals surface area (Å²) in [5.41, 5.74) is 3.02. The van der Waals surface area contributed by atoms with Crippen LogP contribution in [0, 0.1) is 5.82 Å². The van der Waals surface area contributed by atoms with E-state index in [1.807, 2.05) is 12.1 Å². The molecule has 1 aromatic heterocycles. The highest BCUT2D eigenvalue weighted by molar-refractivity contribution is 5.98. The van der Waals surface area contributed by atoms with E-state index in [9.17, 15) is 18.8 Å². The summed E-state index contributed by atoms with van der Waals surface area (Å²) >= 11 is 0. The third kappa shape index (κ3) is 6.48. The van der Waals surface area contributed by atoms with Crippen LogP contribution in [0.25, 0.3) is 11.3 Å². The summed E-state index contributed by atoms with van der Waals surface area (Å²) in [6.07, 6.45) is 3.68. The lowest BCUT2D eigenvalue weighted by Gasteiger charge is -2.34. The van der Waals surface area contributed by atoms with E-state index in [2.05, 4.69) is 26.0 Å². The molecular formula is C28H32FN7O3. The third-order valence-corrected chi connectivity index (χ3v) is 7.39. The highest BCUT2D eigenvalue weighted by atomic mass is 19.1. The van der Waals surface area contributed by atoms with Gasteiger partial charge in [0.1, 0.15) is 17.6 Å². The van der Waals surface area contributed by atoms with Crippen LogP contribution in [0.15, 0.2) is 54.7 Å². The van der Waals surface area contributed by atoms with Gasteiger partial charge in [0.05, 0.1) is 12.7 Å². The first kappa shape index (κ1) is 26.5. The lowest BCUT2D eigenvalue weighted by Crippen LogP contribution is -2.56. The number of aromatic amines is 1. The van der Waals surface area contributed by atoms with Gasteiger partial charge in [-0.1, -0.05) is 24.3 Å². The highest BCUT2D eigenvalue weighted by Crippen LogP contribution is 2.40. The van der Waals surface area contributed by atoms with Crippen LogP contribution in [-0.4, -0.2) is 88.2 Å². The van der Waals surface area contributed by atoms with Crippen LogP contribution in [-0.2, 0) is 9.59 Å². The lowest BCUT2D eigenvalue weighted by atomic mass is 10.1. The van der Waals surface area contributed by atoms with E-state index in [4.69, 9.17) is 0 Å². The van der Waals surface area contributed by atoms with Crippen LogP contribution in [0.3, 0.4) is 0 Å². The van der Waals surface area contributed by atoms with Crippen LogP contribution < -0.4 is 10.6 Å². The third-order valence-electron chi connectivity index (χ3n) is 7.39. The van der Waals surface area contributed by atoms with Crippen LogP contribution in [0.2, 0.25) is 0 Å². The minimum atomic E-state index is -0.752. The molecule has 0 unspecified atom stereocenters. The first-order valence-corrected chi connectivity index (χ1v) is 13.2. The Bertz CT molecular complexity index is 1300. The first-order valence-electron chi connectivity index (χ1n) is 13.2. The fourth-order valence-corrected chi connectivity index (χ4v) is 4.89. The molecule has 5 rings (SSSR count). The summed E-state index contributed by atoms with van der Waals surface area (Å²) in [5.74, 6) is -0.606. The van der Waals surface area contributed by atoms with Gasteiger partial charge in [-0.2, -0.15) is 15.4 Å². The van der Waals surface area contributed by atoms with Gasteiger partial charge >= 0.3 is 0 Å². The minimum Gasteiger partial charge on any atom is -0.342 e. The van der Waals surface area contributed by atoms with Gasteiger partial charge in [0.25, 0.3) is 5.91 Å². The maximum atomic E-state index is 13.4. The minimum absolute atomic E-state index is 0.00771. The van der Waals surface area contributed by atoms with Crippen molar-refractivity contribution < 1.29 is 18.8 Å². The Kier molecular flexibility index (Phi) is 7.97. The number of hydrogen-bond donors (Lipinski definition) is 3. The number of halogens is 1. The Labute approximate surface area is 225 Å². The topological polar surface area (TPSA) is 123 Å². The maximum Gasteiger partial charge on any atom is 0.251 e. The molecule has 1 saturated carbocycles. The average Bonchev–Trinajstić information content (AvgIpc) is 3.50. The fraction of sp³-hybridized carbons (Fsp3) is 0.393. The normalized spacial score (nSPS) is 19.6. The molecule has 204 valence electrons. The number of aromatic nitrogens is 3. The zero-order chi connectivity index (χ0) is 27.4. The molecule has 2 fully saturated rings. The summed E-state index contributed by atoms with van der Waals surface area (Å²) < 4.78 is 13.2. The van der Waals surface area contributed by atoms with E-state index in [1.54, 1.807) is 42.4 Å². The number of likely N-dealkylation sites (N-methyl/N-ethyl adjacent to an activating group) is 1. The number of hydrogen-bond acceptors (Lipinski definition) is 6. The second-order valence-electron chi connectivity index (χ2n) is 10.1. The Hall–Kier alpha value is -4.12. The molecule has 2 heterocycles. The smallest absolute Gasteiger partial charge is 0.251 e. The zero-order valence-electron chi connectivity index (χ0n) is 21.8. The number of carbonyl (C=O) groups excluding carboxylic acids is 3. The molecule has 39 heavy (non-hydrogen) atoms. The second kappa shape index (κ2) is 11.7. The van der Waals surface area contributed by atoms with Crippen LogP contribution in [0.1, 0.15) is 41.1 Å². The number of nitrogens with zero attached hydrogens (tertiary/aromatic N) is 4. The van der Waals surface area contributed by atoms with Crippen molar-refractivity contribution in [2.75, 3.05) is 33.2 Å². The summed E-state index contributed by atoms with van der Waals surface area (Å²) in [7, 11) is 1.72. The molecule has 0 radical (unpaired) electrons. The van der Waals surface area contributed by atoms with Gasteiger partial charge in [0.15, 0.2) is 0 Å². The largest absolute Gasteiger partial charge is 0.342 e. The number of rotatable bonds is 10. The fourth-order valence-electron chi connectivity index (χ4n) is 4.89. The number of H-pyrrole nitrogens is 1. The molecule has 3 N–H and O–H groups in total. The predicted molar refractivity (Wildman–Crippen MR) is 142 cm³/mol. The zero-order valence-corrected chi connectivity index (χ0v) is 21.8. The Morgan fingerprint density at radius 3 is 2.59 bits per heavy atom. The van der Waals surface area contributed by atoms with Crippen molar-refractivity contribution >= 4 is 17.7 Å². The van der Waals surface area contributed by atoms with E-state index >= 15 is 0 Å². The summed E-state index contributed by atoms with van der Waals surface area (Å²) in [6, 6.07) is 13.1. The maximum absolute atomic E-state index is 13.4. The standard InChI is InChI=1S/C28H32FN7O3/c1-35-13-14-36(17-26(35)37)28(39)23(3-2-12-30-24-15-22(24)18-8-10-21(29)11-9-18)32-27(38)20-6-4-19(5-7-20)25-16-31-34-33-25/h4-11,16,22-24,30H,2-3,12-15,17H2,1H3,(H,32,38)(H,31,33,34)/t22-,23-,24+/m0/s1. The summed E-state index contributed by atoms with van der Waals surface area (Å²) in [5, 5.41) is 16.8. The Morgan fingerprint density at radius 2 is 1.90 bits per heavy atom. The van der Waals surface area contributed by atoms with Gasteiger partial charge in [-0.15, -0.1) is 0 Å². The summed E-state index contributed by atoms with van der Waals surface area (Å²) in [6.45, 7) is 1.58. The quantitative estimate of drug-likeness (QED) is 0.342. The van der Waals surface area contributed by atoms with Crippen molar-refractivity contribution in [1.29, 1.82) is 0 Å². The molecule has 0 spiro atoms. The van der Waals surface area contributed by atoms with Gasteiger partial charge < -0.3 is 20.4 Å². The average molecular weight is 534 g/mol. The van der Waals surface area contributed by atoms with E-state index in [1.165, 1.54) is 17.0 Å². The SMILES string of the molecule is CN1CCN(C(=O)[C@H](CCCN[C@@H]2C[C@H]2c2ccc(F)cc2)NC(=O)c2ccc(-c3cn[nH]n3)cc2)CC1=O. The summed E-state index contributed by atoms with van der Waals surface area (Å²) in [4.78, 5) is 41.8. The van der Waals surface area contributed by atoms with Crippen molar-refractivity contribution in [3.63, 3.8) is 0 Å². The molecule has 2 aromatic carbocycles. The van der Waals surface area contributed by atoms with Gasteiger partial charge in [0, 0.05) is 43.2 Å². The van der Waals surface area contributed by atoms with E-state index in [-0.39, 0.29) is 30.1 Å². The first-order chi connectivity index (χ1) is 18.9. The van der Waals surface area contributed by atoms with Crippen molar-refractivity contribution in [3.8, 4) is 11.3 Å². The van der Waals surface area contributed by atoms with Crippen LogP contribution in [0.5, 0.6) is 0 Å². The predicted octanol–water partition coefficient (Wildman–Crippen LogP) is 1.94. The second-order valence-corrected chi connectivity index (χ2v) is 10.1. The van der Waals surface area contributed by atoms with E-state index in [0.717, 1.165) is 17.5 Å². The number of benzene rings is 2. The number of piperazine rings is 1. The monoisotopic (exact) mass is 533 g/mol. The number of amides is 3. The van der Waals surface area contributed by atoms with Crippen molar-refractivity contribution in [3.05, 3.63) is 71.7 Å². The van der Waals surface area contributed by atoms with Crippen molar-refractivity contribution in [2.45, 2.75) is 37.3 Å². The highest BCUT2D eigenvalue weighted by Gasteiger charge is 2.38. The Balaban J connectivity index is 1.18. The molecule has 3 aromatic rings. The molecular weight excluding hydrogens is 501 g/mol. The molecule has 10 nitrogen and oxygen atoms in total. The van der Waals surface area contributed by atoms with Gasteiger partial charge in [-0.3, -0.25) is 14.4 Å². The molecule has 11 heteroatoms. The molecule has 1 aliphatic heterocycles.